The summed E-state index contributed by atoms with van der Waals surface area (Å²) >= 11 is 5.31. The molecular weight excluding hydrogens is 755 g/mol. The summed E-state index contributed by atoms with van der Waals surface area (Å²) in [6.07, 6.45) is -1.38. The van der Waals surface area contributed by atoms with Crippen LogP contribution in [0.15, 0.2) is 0 Å². The summed E-state index contributed by atoms with van der Waals surface area (Å²) in [5, 5.41) is 50.5. The maximum atomic E-state index is 13.5. The topological polar surface area (TPSA) is 194 Å². The number of carbonyl (C=O) groups is 3. The van der Waals surface area contributed by atoms with Crippen molar-refractivity contribution in [3.63, 3.8) is 0 Å². The lowest BCUT2D eigenvalue weighted by Crippen LogP contribution is -2.53. The largest absolute Gasteiger partial charge is 0.394 e. The van der Waals surface area contributed by atoms with Crippen LogP contribution in [0.5, 0.6) is 0 Å². The van der Waals surface area contributed by atoms with E-state index in [1.165, 1.54) is 6.92 Å². The number of rotatable bonds is 10. The fourth-order valence-corrected chi connectivity index (χ4v) is 7.06. The van der Waals surface area contributed by atoms with E-state index in [9.17, 15) is 39.9 Å². The minimum absolute atomic E-state index is 0.0556. The van der Waals surface area contributed by atoms with Crippen LogP contribution < -0.4 is 11.1 Å². The Morgan fingerprint density at radius 2 is 1.32 bits per heavy atom. The van der Waals surface area contributed by atoms with E-state index in [2.05, 4.69) is 5.32 Å². The molecule has 1 atom stereocenters. The van der Waals surface area contributed by atoms with E-state index >= 15 is 0 Å². The van der Waals surface area contributed by atoms with Gasteiger partial charge in [-0.05, 0) is 74.7 Å². The molecule has 11 nitrogen and oxygen atoms in total. The Morgan fingerprint density at radius 1 is 0.903 bits per heavy atom. The van der Waals surface area contributed by atoms with E-state index in [0.29, 0.717) is 0 Å². The van der Waals surface area contributed by atoms with Crippen molar-refractivity contribution in [2.45, 2.75) is 25.1 Å². The van der Waals surface area contributed by atoms with Crippen molar-refractivity contribution in [1.29, 1.82) is 0 Å². The summed E-state index contributed by atoms with van der Waals surface area (Å²) in [6.45, 7) is -1.41. The van der Waals surface area contributed by atoms with Crippen molar-refractivity contribution in [3.05, 3.63) is 21.8 Å². The van der Waals surface area contributed by atoms with Gasteiger partial charge < -0.3 is 41.5 Å². The SMILES string of the molecule is C[C@H](O)C(=O)Nc1c(I)c(C(N)=O)c(I)c(C(=O)N(C(CO)CO)C(CO)CO)c1I. The summed E-state index contributed by atoms with van der Waals surface area (Å²) in [5.74, 6) is -2.48. The number of aliphatic hydroxyl groups is 5. The molecule has 0 fully saturated rings. The summed E-state index contributed by atoms with van der Waals surface area (Å²) in [4.78, 5) is 38.7. The highest BCUT2D eigenvalue weighted by atomic mass is 127. The van der Waals surface area contributed by atoms with Crippen LogP contribution in [0.4, 0.5) is 5.69 Å². The highest BCUT2D eigenvalue weighted by Crippen LogP contribution is 2.36. The first-order valence-corrected chi connectivity index (χ1v) is 12.0. The van der Waals surface area contributed by atoms with Gasteiger partial charge >= 0.3 is 0 Å². The Balaban J connectivity index is 3.85. The molecule has 0 radical (unpaired) electrons. The van der Waals surface area contributed by atoms with Crippen molar-refractivity contribution < 1.29 is 39.9 Å². The lowest BCUT2D eigenvalue weighted by atomic mass is 10.0. The van der Waals surface area contributed by atoms with Gasteiger partial charge in [-0.1, -0.05) is 0 Å². The van der Waals surface area contributed by atoms with Gasteiger partial charge in [0.25, 0.3) is 17.7 Å². The Hall–Kier alpha value is -0.380. The van der Waals surface area contributed by atoms with Gasteiger partial charge in [0, 0.05) is 3.57 Å². The molecule has 0 aliphatic rings. The van der Waals surface area contributed by atoms with Crippen LogP contribution in [0.1, 0.15) is 27.6 Å². The Bertz CT molecular complexity index is 833. The van der Waals surface area contributed by atoms with Gasteiger partial charge in [-0.15, -0.1) is 0 Å². The summed E-state index contributed by atoms with van der Waals surface area (Å²) in [7, 11) is 0. The molecule has 1 aromatic carbocycles. The van der Waals surface area contributed by atoms with Gasteiger partial charge in [-0.25, -0.2) is 0 Å². The fraction of sp³-hybridized carbons (Fsp3) is 0.471. The number of benzene rings is 1. The number of carbonyl (C=O) groups excluding carboxylic acids is 3. The highest BCUT2D eigenvalue weighted by Gasteiger charge is 2.35. The number of halogens is 3. The van der Waals surface area contributed by atoms with Crippen LogP contribution in [0.3, 0.4) is 0 Å². The second-order valence-corrected chi connectivity index (χ2v) is 9.58. The van der Waals surface area contributed by atoms with Crippen molar-refractivity contribution >= 4 is 91.2 Å². The molecule has 1 aromatic rings. The lowest BCUT2D eigenvalue weighted by Gasteiger charge is -2.35. The van der Waals surface area contributed by atoms with Gasteiger partial charge in [-0.2, -0.15) is 0 Å². The molecule has 0 bridgehead atoms. The molecule has 0 aliphatic heterocycles. The van der Waals surface area contributed by atoms with Gasteiger partial charge in [0.05, 0.1) is 62.5 Å². The fourth-order valence-electron chi connectivity index (χ4n) is 2.63. The number of nitrogens with two attached hydrogens (primary N) is 1. The third-order valence-corrected chi connectivity index (χ3v) is 7.51. The van der Waals surface area contributed by atoms with Crippen molar-refractivity contribution in [2.75, 3.05) is 31.7 Å². The molecule has 0 spiro atoms. The molecule has 0 heterocycles. The van der Waals surface area contributed by atoms with Gasteiger partial charge in [0.15, 0.2) is 0 Å². The number of anilines is 1. The molecule has 0 saturated heterocycles. The smallest absolute Gasteiger partial charge is 0.256 e. The quantitative estimate of drug-likeness (QED) is 0.148. The van der Waals surface area contributed by atoms with Crippen LogP contribution >= 0.6 is 67.8 Å². The number of aliphatic hydroxyl groups excluding tert-OH is 5. The van der Waals surface area contributed by atoms with Crippen molar-refractivity contribution in [2.24, 2.45) is 5.73 Å². The van der Waals surface area contributed by atoms with E-state index in [4.69, 9.17) is 5.73 Å². The normalized spacial score (nSPS) is 12.2. The van der Waals surface area contributed by atoms with Gasteiger partial charge in [0.1, 0.15) is 6.10 Å². The van der Waals surface area contributed by atoms with Crippen molar-refractivity contribution in [1.82, 2.24) is 4.90 Å². The van der Waals surface area contributed by atoms with Gasteiger partial charge in [-0.3, -0.25) is 14.4 Å². The minimum Gasteiger partial charge on any atom is -0.394 e. The first-order chi connectivity index (χ1) is 14.5. The summed E-state index contributed by atoms with van der Waals surface area (Å²) in [6, 6.07) is -2.31. The third-order valence-electron chi connectivity index (χ3n) is 4.27. The average Bonchev–Trinajstić information content (AvgIpc) is 2.70. The van der Waals surface area contributed by atoms with Gasteiger partial charge in [0.2, 0.25) is 0 Å². The predicted octanol–water partition coefficient (Wildman–Crippen LogP) is -0.933. The molecule has 0 unspecified atom stereocenters. The van der Waals surface area contributed by atoms with Crippen LogP contribution in [-0.2, 0) is 4.79 Å². The molecular formula is C17H22I3N3O8. The number of amides is 3. The maximum Gasteiger partial charge on any atom is 0.256 e. The van der Waals surface area contributed by atoms with Crippen LogP contribution in [-0.4, -0.2) is 92.8 Å². The average molecular weight is 777 g/mol. The molecule has 0 aromatic heterocycles. The Morgan fingerprint density at radius 3 is 1.68 bits per heavy atom. The summed E-state index contributed by atoms with van der Waals surface area (Å²) < 4.78 is 0.593. The first kappa shape index (κ1) is 28.7. The molecule has 174 valence electrons. The number of hydrogen-bond donors (Lipinski definition) is 7. The second kappa shape index (κ2) is 12.8. The molecule has 3 amide bonds. The number of nitrogens with zero attached hydrogens (tertiary/aromatic N) is 1. The van der Waals surface area contributed by atoms with E-state index in [-0.39, 0.29) is 27.5 Å². The molecule has 1 rings (SSSR count). The monoisotopic (exact) mass is 777 g/mol. The zero-order valence-corrected chi connectivity index (χ0v) is 22.7. The summed E-state index contributed by atoms with van der Waals surface area (Å²) in [5.41, 5.74) is 5.42. The maximum absolute atomic E-state index is 13.5. The number of hydrogen-bond acceptors (Lipinski definition) is 8. The van der Waals surface area contributed by atoms with Crippen LogP contribution in [0.2, 0.25) is 0 Å². The molecule has 8 N–H and O–H groups in total. The molecule has 0 saturated carbocycles. The van der Waals surface area contributed by atoms with E-state index in [1.54, 1.807) is 67.8 Å². The molecule has 14 heteroatoms. The van der Waals surface area contributed by atoms with Crippen LogP contribution in [0.25, 0.3) is 0 Å². The van der Waals surface area contributed by atoms with E-state index < -0.39 is 62.3 Å². The van der Waals surface area contributed by atoms with E-state index in [0.717, 1.165) is 4.90 Å². The predicted molar refractivity (Wildman–Crippen MR) is 136 cm³/mol. The standard InChI is InChI=1S/C17H22I3N3O8/c1-6(28)16(30)22-14-12(19)9(15(21)29)11(18)10(13(14)20)17(31)23(7(2-24)3-25)8(4-26)5-27/h6-8,24-28H,2-5H2,1H3,(H2,21,29)(H,22,30)/t6-/m0/s1. The Kier molecular flexibility index (Phi) is 11.8. The zero-order valence-electron chi connectivity index (χ0n) is 16.2. The van der Waals surface area contributed by atoms with E-state index in [1.807, 2.05) is 0 Å². The molecule has 0 aliphatic carbocycles. The highest BCUT2D eigenvalue weighted by molar-refractivity contribution is 14.1. The third kappa shape index (κ3) is 6.36. The minimum atomic E-state index is -1.38. The van der Waals surface area contributed by atoms with Crippen molar-refractivity contribution in [3.8, 4) is 0 Å². The zero-order chi connectivity index (χ0) is 24.0. The second-order valence-electron chi connectivity index (χ2n) is 6.35. The number of nitrogens with one attached hydrogen (secondary N) is 1. The van der Waals surface area contributed by atoms with Crippen LogP contribution in [0, 0.1) is 10.7 Å². The lowest BCUT2D eigenvalue weighted by molar-refractivity contribution is -0.123. The Labute approximate surface area is 218 Å². The molecule has 31 heavy (non-hydrogen) atoms. The first-order valence-electron chi connectivity index (χ1n) is 8.73. The number of primary amides is 1.